The van der Waals surface area contributed by atoms with Crippen LogP contribution in [0.15, 0.2) is 6.33 Å². The van der Waals surface area contributed by atoms with Crippen molar-refractivity contribution in [2.75, 3.05) is 20.7 Å². The Balaban J connectivity index is 2.42. The van der Waals surface area contributed by atoms with Gasteiger partial charge in [0.15, 0.2) is 5.82 Å². The zero-order valence-corrected chi connectivity index (χ0v) is 13.7. The molecule has 0 spiro atoms. The lowest BCUT2D eigenvalue weighted by Crippen LogP contribution is -2.40. The van der Waals surface area contributed by atoms with E-state index < -0.39 is 0 Å². The Hall–Kier alpha value is -1.63. The number of methoxy groups -OCH3 is 1. The van der Waals surface area contributed by atoms with E-state index >= 15 is 0 Å². The van der Waals surface area contributed by atoms with Crippen LogP contribution in [-0.2, 0) is 17.8 Å². The largest absolute Gasteiger partial charge is 0.379 e. The second-order valence-corrected chi connectivity index (χ2v) is 5.74. The van der Waals surface area contributed by atoms with Crippen LogP contribution < -0.4 is 5.32 Å². The van der Waals surface area contributed by atoms with Crippen LogP contribution in [0.4, 0.5) is 4.79 Å². The summed E-state index contributed by atoms with van der Waals surface area (Å²) in [4.78, 5) is 13.6. The number of carbonyl (C=O) groups excluding carboxylic acids is 1. The number of hydrogen-bond donors (Lipinski definition) is 1. The zero-order valence-electron chi connectivity index (χ0n) is 13.7. The van der Waals surface area contributed by atoms with Gasteiger partial charge in [-0.1, -0.05) is 6.92 Å². The van der Waals surface area contributed by atoms with Gasteiger partial charge >= 0.3 is 6.03 Å². The summed E-state index contributed by atoms with van der Waals surface area (Å²) in [5.74, 6) is 0.798. The number of aryl methyl sites for hydroxylation is 1. The van der Waals surface area contributed by atoms with Gasteiger partial charge in [0.05, 0.1) is 12.1 Å². The second kappa shape index (κ2) is 7.97. The Morgan fingerprint density at radius 3 is 2.86 bits per heavy atom. The fourth-order valence-corrected chi connectivity index (χ4v) is 1.82. The fourth-order valence-electron chi connectivity index (χ4n) is 1.82. The molecular formula is C14H27N5O2. The predicted molar refractivity (Wildman–Crippen MR) is 80.9 cm³/mol. The maximum atomic E-state index is 12.0. The molecule has 1 heterocycles. The van der Waals surface area contributed by atoms with Crippen LogP contribution >= 0.6 is 0 Å². The molecule has 0 bridgehead atoms. The maximum Gasteiger partial charge on any atom is 0.317 e. The molecule has 21 heavy (non-hydrogen) atoms. The van der Waals surface area contributed by atoms with E-state index in [0.717, 1.165) is 25.2 Å². The lowest BCUT2D eigenvalue weighted by atomic mass is 10.1. The molecule has 0 unspecified atom stereocenters. The average Bonchev–Trinajstić information content (AvgIpc) is 2.86. The SMILES string of the molecule is CCCn1cnnc1CN(C)C(=O)NCCC(C)(C)OC. The van der Waals surface area contributed by atoms with Gasteiger partial charge in [-0.15, -0.1) is 10.2 Å². The quantitative estimate of drug-likeness (QED) is 0.792. The van der Waals surface area contributed by atoms with E-state index in [1.165, 1.54) is 0 Å². The van der Waals surface area contributed by atoms with Crippen molar-refractivity contribution in [2.24, 2.45) is 0 Å². The molecule has 0 atom stereocenters. The van der Waals surface area contributed by atoms with Crippen LogP contribution in [0.3, 0.4) is 0 Å². The molecule has 0 aliphatic carbocycles. The molecule has 1 aromatic heterocycles. The van der Waals surface area contributed by atoms with E-state index in [1.807, 2.05) is 18.4 Å². The third-order valence-corrected chi connectivity index (χ3v) is 3.44. The van der Waals surface area contributed by atoms with Crippen molar-refractivity contribution in [3.05, 3.63) is 12.2 Å². The second-order valence-electron chi connectivity index (χ2n) is 5.74. The summed E-state index contributed by atoms with van der Waals surface area (Å²) >= 11 is 0. The molecule has 120 valence electrons. The fraction of sp³-hybridized carbons (Fsp3) is 0.786. The van der Waals surface area contributed by atoms with Crippen LogP contribution in [0.25, 0.3) is 0 Å². The van der Waals surface area contributed by atoms with Gasteiger partial charge in [0.2, 0.25) is 0 Å². The summed E-state index contributed by atoms with van der Waals surface area (Å²) < 4.78 is 7.29. The molecular weight excluding hydrogens is 270 g/mol. The minimum absolute atomic E-state index is 0.118. The van der Waals surface area contributed by atoms with Crippen molar-refractivity contribution in [3.63, 3.8) is 0 Å². The molecule has 0 saturated heterocycles. The lowest BCUT2D eigenvalue weighted by Gasteiger charge is -2.24. The van der Waals surface area contributed by atoms with E-state index in [1.54, 1.807) is 25.4 Å². The number of amides is 2. The highest BCUT2D eigenvalue weighted by Crippen LogP contribution is 2.11. The molecule has 1 aromatic rings. The molecule has 0 aliphatic rings. The third kappa shape index (κ3) is 5.71. The maximum absolute atomic E-state index is 12.0. The normalized spacial score (nSPS) is 11.5. The average molecular weight is 297 g/mol. The van der Waals surface area contributed by atoms with E-state index in [2.05, 4.69) is 22.4 Å². The molecule has 0 aromatic carbocycles. The van der Waals surface area contributed by atoms with Gasteiger partial charge in [-0.2, -0.15) is 0 Å². The van der Waals surface area contributed by atoms with Crippen molar-refractivity contribution < 1.29 is 9.53 Å². The third-order valence-electron chi connectivity index (χ3n) is 3.44. The van der Waals surface area contributed by atoms with Crippen molar-refractivity contribution >= 4 is 6.03 Å². The summed E-state index contributed by atoms with van der Waals surface area (Å²) in [6, 6.07) is -0.118. The van der Waals surface area contributed by atoms with Crippen molar-refractivity contribution in [3.8, 4) is 0 Å². The van der Waals surface area contributed by atoms with Crippen LogP contribution in [-0.4, -0.2) is 52.0 Å². The Morgan fingerprint density at radius 2 is 2.24 bits per heavy atom. The summed E-state index contributed by atoms with van der Waals surface area (Å²) in [7, 11) is 3.43. The molecule has 2 amide bonds. The van der Waals surface area contributed by atoms with Gasteiger partial charge in [0.1, 0.15) is 6.33 Å². The van der Waals surface area contributed by atoms with Gasteiger partial charge in [-0.05, 0) is 26.7 Å². The van der Waals surface area contributed by atoms with E-state index in [-0.39, 0.29) is 11.6 Å². The van der Waals surface area contributed by atoms with Gasteiger partial charge in [-0.3, -0.25) is 0 Å². The minimum atomic E-state index is -0.229. The molecule has 1 N–H and O–H groups in total. The number of ether oxygens (including phenoxy) is 1. The number of rotatable bonds is 8. The van der Waals surface area contributed by atoms with Crippen LogP contribution in [0.2, 0.25) is 0 Å². The zero-order chi connectivity index (χ0) is 15.9. The molecule has 1 rings (SSSR count). The number of hydrogen-bond acceptors (Lipinski definition) is 4. The molecule has 0 fully saturated rings. The highest BCUT2D eigenvalue weighted by Gasteiger charge is 2.17. The minimum Gasteiger partial charge on any atom is -0.379 e. The number of nitrogens with zero attached hydrogens (tertiary/aromatic N) is 4. The molecule has 7 heteroatoms. The van der Waals surface area contributed by atoms with Crippen molar-refractivity contribution in [1.82, 2.24) is 25.0 Å². The first-order valence-electron chi connectivity index (χ1n) is 7.30. The first-order valence-corrected chi connectivity index (χ1v) is 7.30. The van der Waals surface area contributed by atoms with Crippen LogP contribution in [0.1, 0.15) is 39.4 Å². The monoisotopic (exact) mass is 297 g/mol. The number of carbonyl (C=O) groups is 1. The van der Waals surface area contributed by atoms with E-state index in [9.17, 15) is 4.79 Å². The summed E-state index contributed by atoms with van der Waals surface area (Å²) in [6.07, 6.45) is 3.47. The summed E-state index contributed by atoms with van der Waals surface area (Å²) in [5, 5.41) is 10.8. The van der Waals surface area contributed by atoms with Gasteiger partial charge < -0.3 is 19.5 Å². The van der Waals surface area contributed by atoms with E-state index in [0.29, 0.717) is 13.1 Å². The van der Waals surface area contributed by atoms with Crippen molar-refractivity contribution in [1.29, 1.82) is 0 Å². The van der Waals surface area contributed by atoms with Crippen LogP contribution in [0.5, 0.6) is 0 Å². The predicted octanol–water partition coefficient (Wildman–Crippen LogP) is 1.64. The first kappa shape index (κ1) is 17.4. The lowest BCUT2D eigenvalue weighted by molar-refractivity contribution is 0.0162. The summed E-state index contributed by atoms with van der Waals surface area (Å²) in [5.41, 5.74) is -0.229. The van der Waals surface area contributed by atoms with E-state index in [4.69, 9.17) is 4.74 Å². The van der Waals surface area contributed by atoms with Gasteiger partial charge in [0, 0.05) is 27.2 Å². The first-order chi connectivity index (χ1) is 9.89. The molecule has 7 nitrogen and oxygen atoms in total. The highest BCUT2D eigenvalue weighted by molar-refractivity contribution is 5.73. The molecule has 0 saturated carbocycles. The smallest absolute Gasteiger partial charge is 0.317 e. The van der Waals surface area contributed by atoms with Gasteiger partial charge in [-0.25, -0.2) is 4.79 Å². The topological polar surface area (TPSA) is 72.3 Å². The van der Waals surface area contributed by atoms with Gasteiger partial charge in [0.25, 0.3) is 0 Å². The number of urea groups is 1. The Kier molecular flexibility index (Phi) is 6.61. The standard InChI is InChI=1S/C14H27N5O2/c1-6-9-19-11-16-17-12(19)10-18(4)13(20)15-8-7-14(2,3)21-5/h11H,6-10H2,1-5H3,(H,15,20). The Bertz CT molecular complexity index is 444. The number of nitrogens with one attached hydrogen (secondary N) is 1. The van der Waals surface area contributed by atoms with Crippen molar-refractivity contribution in [2.45, 2.75) is 52.3 Å². The Labute approximate surface area is 126 Å². The summed E-state index contributed by atoms with van der Waals surface area (Å²) in [6.45, 7) is 7.97. The van der Waals surface area contributed by atoms with Crippen LogP contribution in [0, 0.1) is 0 Å². The highest BCUT2D eigenvalue weighted by atomic mass is 16.5. The molecule has 0 aliphatic heterocycles. The molecule has 0 radical (unpaired) electrons. The Morgan fingerprint density at radius 1 is 1.52 bits per heavy atom. The number of aromatic nitrogens is 3.